The molecule has 150 valence electrons. The molecule has 1 unspecified atom stereocenters. The van der Waals surface area contributed by atoms with Gasteiger partial charge in [0.25, 0.3) is 0 Å². The minimum absolute atomic E-state index is 0.0555. The molecule has 0 heterocycles. The van der Waals surface area contributed by atoms with E-state index in [1.54, 1.807) is 45.0 Å². The molecule has 0 radical (unpaired) electrons. The van der Waals surface area contributed by atoms with E-state index in [0.29, 0.717) is 5.56 Å². The summed E-state index contributed by atoms with van der Waals surface area (Å²) in [5, 5.41) is 0. The van der Waals surface area contributed by atoms with Crippen molar-refractivity contribution in [3.8, 4) is 0 Å². The summed E-state index contributed by atoms with van der Waals surface area (Å²) in [5.74, 6) is -1.47. The largest absolute Gasteiger partial charge is 0.456 e. The monoisotopic (exact) mass is 403 g/mol. The molecule has 2 aromatic carbocycles. The molecular weight excluding hydrogens is 378 g/mol. The van der Waals surface area contributed by atoms with E-state index >= 15 is 0 Å². The number of nitrogens with one attached hydrogen (secondary N) is 1. The fourth-order valence-electron chi connectivity index (χ4n) is 2.63. The summed E-state index contributed by atoms with van der Waals surface area (Å²) in [7, 11) is -3.89. The second-order valence-corrected chi connectivity index (χ2v) is 8.72. The van der Waals surface area contributed by atoms with Crippen molar-refractivity contribution in [3.63, 3.8) is 0 Å². The molecule has 2 rings (SSSR count). The van der Waals surface area contributed by atoms with Crippen molar-refractivity contribution >= 4 is 21.8 Å². The Bertz CT molecular complexity index is 952. The molecule has 0 aliphatic rings. The van der Waals surface area contributed by atoms with Gasteiger partial charge in [-0.25, -0.2) is 8.42 Å². The molecule has 0 amide bonds. The molecule has 1 N–H and O–H groups in total. The fourth-order valence-corrected chi connectivity index (χ4v) is 3.99. The van der Waals surface area contributed by atoms with Gasteiger partial charge in [0.15, 0.2) is 6.61 Å². The first-order valence-corrected chi connectivity index (χ1v) is 10.4. The second-order valence-electron chi connectivity index (χ2n) is 7.01. The van der Waals surface area contributed by atoms with Crippen molar-refractivity contribution in [2.75, 3.05) is 6.61 Å². The summed E-state index contributed by atoms with van der Waals surface area (Å²) in [6, 6.07) is 12.1. The molecule has 0 saturated carbocycles. The highest BCUT2D eigenvalue weighted by Gasteiger charge is 2.30. The molecule has 6 nitrogen and oxygen atoms in total. The number of benzene rings is 2. The van der Waals surface area contributed by atoms with Crippen LogP contribution in [0.3, 0.4) is 0 Å². The van der Waals surface area contributed by atoms with E-state index in [1.165, 1.54) is 12.1 Å². The Morgan fingerprint density at radius 2 is 1.68 bits per heavy atom. The number of carbonyl (C=O) groups excluding carboxylic acids is 2. The van der Waals surface area contributed by atoms with E-state index in [1.807, 2.05) is 19.1 Å². The molecule has 0 saturated heterocycles. The van der Waals surface area contributed by atoms with Gasteiger partial charge in [-0.05, 0) is 43.5 Å². The Morgan fingerprint density at radius 1 is 1.04 bits per heavy atom. The van der Waals surface area contributed by atoms with Crippen molar-refractivity contribution in [1.82, 2.24) is 4.72 Å². The fraction of sp³-hybridized carbons (Fsp3) is 0.333. The van der Waals surface area contributed by atoms with Crippen LogP contribution >= 0.6 is 0 Å². The third-order valence-electron chi connectivity index (χ3n) is 4.30. The quantitative estimate of drug-likeness (QED) is 0.541. The van der Waals surface area contributed by atoms with E-state index in [9.17, 15) is 18.0 Å². The first kappa shape index (κ1) is 21.8. The first-order chi connectivity index (χ1) is 13.1. The molecule has 0 bridgehead atoms. The molecule has 0 aliphatic carbocycles. The van der Waals surface area contributed by atoms with E-state index < -0.39 is 28.6 Å². The summed E-state index contributed by atoms with van der Waals surface area (Å²) in [5.41, 5.74) is 2.20. The predicted molar refractivity (Wildman–Crippen MR) is 107 cm³/mol. The molecule has 0 spiro atoms. The van der Waals surface area contributed by atoms with Crippen molar-refractivity contribution < 1.29 is 22.7 Å². The number of esters is 1. The van der Waals surface area contributed by atoms with Crippen molar-refractivity contribution in [3.05, 3.63) is 65.2 Å². The SMILES string of the molecule is Cc1ccc(C)c(C(=O)COC(=O)C(NS(=O)(=O)c2ccccc2)C(C)C)c1. The van der Waals surface area contributed by atoms with Crippen LogP contribution in [0.2, 0.25) is 0 Å². The van der Waals surface area contributed by atoms with Crippen molar-refractivity contribution in [1.29, 1.82) is 0 Å². The first-order valence-electron chi connectivity index (χ1n) is 8.96. The van der Waals surface area contributed by atoms with Gasteiger partial charge in [0.2, 0.25) is 15.8 Å². The van der Waals surface area contributed by atoms with Crippen LogP contribution in [-0.2, 0) is 19.6 Å². The lowest BCUT2D eigenvalue weighted by atomic mass is 10.0. The third kappa shape index (κ3) is 5.50. The highest BCUT2D eigenvalue weighted by molar-refractivity contribution is 7.89. The van der Waals surface area contributed by atoms with Crippen molar-refractivity contribution in [2.24, 2.45) is 5.92 Å². The Morgan fingerprint density at radius 3 is 2.29 bits per heavy atom. The zero-order valence-corrected chi connectivity index (χ0v) is 17.2. The van der Waals surface area contributed by atoms with Gasteiger partial charge in [-0.1, -0.05) is 49.7 Å². The average Bonchev–Trinajstić information content (AvgIpc) is 2.66. The molecule has 2 aromatic rings. The van der Waals surface area contributed by atoms with Gasteiger partial charge >= 0.3 is 5.97 Å². The lowest BCUT2D eigenvalue weighted by molar-refractivity contribution is -0.145. The summed E-state index contributed by atoms with van der Waals surface area (Å²) in [4.78, 5) is 24.9. The van der Waals surface area contributed by atoms with Crippen LogP contribution < -0.4 is 4.72 Å². The number of ketones is 1. The maximum atomic E-state index is 12.5. The standard InChI is InChI=1S/C21H25NO5S/c1-14(2)20(22-28(25,26)17-8-6-5-7-9-17)21(24)27-13-19(23)18-12-15(3)10-11-16(18)4/h5-12,14,20,22H,13H2,1-4H3. The van der Waals surface area contributed by atoms with Gasteiger partial charge < -0.3 is 4.74 Å². The van der Waals surface area contributed by atoms with Crippen LogP contribution in [0, 0.1) is 19.8 Å². The van der Waals surface area contributed by atoms with Gasteiger partial charge in [-0.15, -0.1) is 0 Å². The van der Waals surface area contributed by atoms with Gasteiger partial charge in [0.05, 0.1) is 4.90 Å². The lowest BCUT2D eigenvalue weighted by Gasteiger charge is -2.20. The number of hydrogen-bond donors (Lipinski definition) is 1. The van der Waals surface area contributed by atoms with Crippen LogP contribution in [0.25, 0.3) is 0 Å². The number of aryl methyl sites for hydroxylation is 2. The molecule has 7 heteroatoms. The van der Waals surface area contributed by atoms with E-state index in [4.69, 9.17) is 4.74 Å². The number of ether oxygens (including phenoxy) is 1. The van der Waals surface area contributed by atoms with Gasteiger partial charge in [-0.3, -0.25) is 9.59 Å². The van der Waals surface area contributed by atoms with Gasteiger partial charge in [0, 0.05) is 5.56 Å². The van der Waals surface area contributed by atoms with E-state index in [-0.39, 0.29) is 16.6 Å². The summed E-state index contributed by atoms with van der Waals surface area (Å²) in [6.45, 7) is 6.63. The Kier molecular flexibility index (Phi) is 7.10. The van der Waals surface area contributed by atoms with Crippen LogP contribution in [0.15, 0.2) is 53.4 Å². The Labute approximate surface area is 166 Å². The molecule has 0 fully saturated rings. The van der Waals surface area contributed by atoms with Crippen LogP contribution in [0.4, 0.5) is 0 Å². The van der Waals surface area contributed by atoms with Crippen LogP contribution in [0.1, 0.15) is 35.3 Å². The third-order valence-corrected chi connectivity index (χ3v) is 5.75. The summed E-state index contributed by atoms with van der Waals surface area (Å²) >= 11 is 0. The van der Waals surface area contributed by atoms with E-state index in [0.717, 1.165) is 11.1 Å². The number of hydrogen-bond acceptors (Lipinski definition) is 5. The topological polar surface area (TPSA) is 89.5 Å². The molecule has 1 atom stereocenters. The second kappa shape index (κ2) is 9.12. The normalized spacial score (nSPS) is 12.6. The van der Waals surface area contributed by atoms with Crippen LogP contribution in [-0.4, -0.2) is 32.8 Å². The predicted octanol–water partition coefficient (Wildman–Crippen LogP) is 3.03. The zero-order chi connectivity index (χ0) is 20.9. The van der Waals surface area contributed by atoms with E-state index in [2.05, 4.69) is 4.72 Å². The number of rotatable bonds is 8. The van der Waals surface area contributed by atoms with Crippen molar-refractivity contribution in [2.45, 2.75) is 38.6 Å². The maximum Gasteiger partial charge on any atom is 0.324 e. The highest BCUT2D eigenvalue weighted by Crippen LogP contribution is 2.14. The minimum atomic E-state index is -3.89. The smallest absolute Gasteiger partial charge is 0.324 e. The van der Waals surface area contributed by atoms with Gasteiger partial charge in [-0.2, -0.15) is 4.72 Å². The minimum Gasteiger partial charge on any atom is -0.456 e. The molecule has 0 aliphatic heterocycles. The lowest BCUT2D eigenvalue weighted by Crippen LogP contribution is -2.45. The zero-order valence-electron chi connectivity index (χ0n) is 16.4. The Balaban J connectivity index is 2.09. The maximum absolute atomic E-state index is 12.5. The summed E-state index contributed by atoms with van der Waals surface area (Å²) < 4.78 is 32.5. The summed E-state index contributed by atoms with van der Waals surface area (Å²) in [6.07, 6.45) is 0. The number of sulfonamides is 1. The molecular formula is C21H25NO5S. The number of Topliss-reactive ketones (excluding diaryl/α,β-unsaturated/α-hetero) is 1. The van der Waals surface area contributed by atoms with Crippen LogP contribution in [0.5, 0.6) is 0 Å². The molecule has 0 aromatic heterocycles. The Hall–Kier alpha value is -2.51. The van der Waals surface area contributed by atoms with Gasteiger partial charge in [0.1, 0.15) is 6.04 Å². The highest BCUT2D eigenvalue weighted by atomic mass is 32.2. The molecule has 28 heavy (non-hydrogen) atoms. The average molecular weight is 404 g/mol. The number of carbonyl (C=O) groups is 2.